The Hall–Kier alpha value is -2.91. The van der Waals surface area contributed by atoms with Gasteiger partial charge in [-0.05, 0) is 66.5 Å². The quantitative estimate of drug-likeness (QED) is 0.444. The summed E-state index contributed by atoms with van der Waals surface area (Å²) in [7, 11) is -2.12. The van der Waals surface area contributed by atoms with Gasteiger partial charge in [0.15, 0.2) is 9.84 Å². The summed E-state index contributed by atoms with van der Waals surface area (Å²) in [5.74, 6) is -0.833. The van der Waals surface area contributed by atoms with E-state index in [4.69, 9.17) is 9.90 Å². The fourth-order valence-corrected chi connectivity index (χ4v) is 5.87. The van der Waals surface area contributed by atoms with Gasteiger partial charge >= 0.3 is 6.18 Å². The van der Waals surface area contributed by atoms with Crippen molar-refractivity contribution in [2.24, 2.45) is 0 Å². The molecule has 0 spiro atoms. The number of aryl methyl sites for hydroxylation is 1. The number of nitrogens with one attached hydrogen (secondary N) is 1. The van der Waals surface area contributed by atoms with Crippen molar-refractivity contribution in [3.8, 4) is 0 Å². The molecule has 0 saturated carbocycles. The first-order valence-corrected chi connectivity index (χ1v) is 12.2. The van der Waals surface area contributed by atoms with E-state index in [1.54, 1.807) is 19.2 Å². The molecule has 3 rings (SSSR count). The predicted molar refractivity (Wildman–Crippen MR) is 127 cm³/mol. The molecule has 34 heavy (non-hydrogen) atoms. The van der Waals surface area contributed by atoms with Crippen molar-refractivity contribution in [1.29, 1.82) is 0 Å². The normalized spacial score (nSPS) is 12.6. The highest BCUT2D eigenvalue weighted by molar-refractivity contribution is 7.91. The van der Waals surface area contributed by atoms with E-state index in [2.05, 4.69) is 5.32 Å². The molecule has 5 nitrogen and oxygen atoms in total. The number of halogens is 3. The second kappa shape index (κ2) is 11.5. The second-order valence-electron chi connectivity index (χ2n) is 7.68. The number of benzene rings is 3. The summed E-state index contributed by atoms with van der Waals surface area (Å²) in [6, 6.07) is 15.4. The minimum atomic E-state index is -4.47. The molecule has 0 aliphatic carbocycles. The van der Waals surface area contributed by atoms with Crippen LogP contribution in [0, 0.1) is 0 Å². The Bertz CT molecular complexity index is 1220. The van der Waals surface area contributed by atoms with Crippen LogP contribution < -0.4 is 5.32 Å². The summed E-state index contributed by atoms with van der Waals surface area (Å²) in [6.45, 7) is 3.40. The van der Waals surface area contributed by atoms with E-state index in [0.717, 1.165) is 35.4 Å². The first-order chi connectivity index (χ1) is 15.9. The van der Waals surface area contributed by atoms with Gasteiger partial charge in [0.25, 0.3) is 5.97 Å². The van der Waals surface area contributed by atoms with Crippen molar-refractivity contribution in [3.05, 3.63) is 77.4 Å². The zero-order chi connectivity index (χ0) is 25.5. The van der Waals surface area contributed by atoms with Gasteiger partial charge in [0, 0.05) is 6.92 Å². The van der Waals surface area contributed by atoms with Crippen LogP contribution in [0.15, 0.2) is 65.6 Å². The Labute approximate surface area is 197 Å². The van der Waals surface area contributed by atoms with Gasteiger partial charge in [-0.15, -0.1) is 0 Å². The molecule has 9 heteroatoms. The highest BCUT2D eigenvalue weighted by atomic mass is 32.2. The summed E-state index contributed by atoms with van der Waals surface area (Å²) in [6.07, 6.45) is -3.69. The van der Waals surface area contributed by atoms with E-state index in [9.17, 15) is 21.6 Å². The standard InChI is InChI=1S/C23H24F3NO2S.C2H4O2/c1-3-19-20-7-5-4-6-16(20)10-13-22(19)30(28,29)21(14-15-27-2)17-8-11-18(12-9-17)23(24,25)26;1-2(3)4/h4-13,21,27H,3,14-15H2,1-2H3;1H3,(H,3,4). The summed E-state index contributed by atoms with van der Waals surface area (Å²) in [5.41, 5.74) is 0.291. The molecule has 2 N–H and O–H groups in total. The first kappa shape index (κ1) is 27.3. The minimum Gasteiger partial charge on any atom is -0.481 e. The maximum absolute atomic E-state index is 13.7. The molecular formula is C25H28F3NO4S. The molecular weight excluding hydrogens is 467 g/mol. The van der Waals surface area contributed by atoms with Crippen LogP contribution in [-0.4, -0.2) is 33.1 Å². The minimum absolute atomic E-state index is 0.240. The first-order valence-electron chi connectivity index (χ1n) is 10.7. The van der Waals surface area contributed by atoms with E-state index in [-0.39, 0.29) is 11.3 Å². The van der Waals surface area contributed by atoms with E-state index in [1.165, 1.54) is 12.1 Å². The highest BCUT2D eigenvalue weighted by Crippen LogP contribution is 2.37. The number of carboxylic acid groups (broad SMARTS) is 1. The summed E-state index contributed by atoms with van der Waals surface area (Å²) < 4.78 is 66.2. The Morgan fingerprint density at radius 2 is 1.62 bits per heavy atom. The molecule has 0 amide bonds. The van der Waals surface area contributed by atoms with Crippen LogP contribution in [-0.2, 0) is 27.2 Å². The van der Waals surface area contributed by atoms with Crippen LogP contribution in [0.25, 0.3) is 10.8 Å². The zero-order valence-electron chi connectivity index (χ0n) is 19.2. The van der Waals surface area contributed by atoms with Gasteiger partial charge < -0.3 is 10.4 Å². The molecule has 0 aliphatic rings. The molecule has 0 saturated heterocycles. The van der Waals surface area contributed by atoms with Crippen LogP contribution in [0.4, 0.5) is 13.2 Å². The average molecular weight is 496 g/mol. The topological polar surface area (TPSA) is 83.5 Å². The summed E-state index contributed by atoms with van der Waals surface area (Å²) in [5, 5.41) is 11.2. The number of hydrogen-bond acceptors (Lipinski definition) is 4. The van der Waals surface area contributed by atoms with Gasteiger partial charge in [0.2, 0.25) is 0 Å². The van der Waals surface area contributed by atoms with Crippen molar-refractivity contribution < 1.29 is 31.5 Å². The number of carbonyl (C=O) groups is 1. The Morgan fingerprint density at radius 3 is 2.15 bits per heavy atom. The summed E-state index contributed by atoms with van der Waals surface area (Å²) in [4.78, 5) is 9.24. The number of carboxylic acids is 1. The van der Waals surface area contributed by atoms with Gasteiger partial charge in [0.05, 0.1) is 15.7 Å². The number of aliphatic carboxylic acids is 1. The zero-order valence-corrected chi connectivity index (χ0v) is 20.0. The smallest absolute Gasteiger partial charge is 0.416 e. The monoisotopic (exact) mass is 495 g/mol. The lowest BCUT2D eigenvalue weighted by Crippen LogP contribution is -2.20. The molecule has 1 atom stereocenters. The molecule has 0 bridgehead atoms. The van der Waals surface area contributed by atoms with Crippen molar-refractivity contribution >= 4 is 26.6 Å². The Morgan fingerprint density at radius 1 is 1.03 bits per heavy atom. The maximum Gasteiger partial charge on any atom is 0.416 e. The molecule has 0 radical (unpaired) electrons. The fourth-order valence-electron chi connectivity index (χ4n) is 3.76. The number of hydrogen-bond donors (Lipinski definition) is 2. The molecule has 0 heterocycles. The van der Waals surface area contributed by atoms with Crippen molar-refractivity contribution in [3.63, 3.8) is 0 Å². The Kier molecular flexibility index (Phi) is 9.23. The van der Waals surface area contributed by atoms with Gasteiger partial charge in [-0.1, -0.05) is 49.4 Å². The molecule has 184 valence electrons. The second-order valence-corrected chi connectivity index (χ2v) is 9.78. The largest absolute Gasteiger partial charge is 0.481 e. The lowest BCUT2D eigenvalue weighted by atomic mass is 10.0. The van der Waals surface area contributed by atoms with E-state index >= 15 is 0 Å². The average Bonchev–Trinajstić information content (AvgIpc) is 2.77. The lowest BCUT2D eigenvalue weighted by molar-refractivity contribution is -0.137. The van der Waals surface area contributed by atoms with Crippen LogP contribution in [0.1, 0.15) is 42.2 Å². The van der Waals surface area contributed by atoms with Crippen molar-refractivity contribution in [2.45, 2.75) is 43.0 Å². The van der Waals surface area contributed by atoms with Crippen LogP contribution in [0.2, 0.25) is 0 Å². The molecule has 1 unspecified atom stereocenters. The highest BCUT2D eigenvalue weighted by Gasteiger charge is 2.33. The third-order valence-electron chi connectivity index (χ3n) is 5.30. The van der Waals surface area contributed by atoms with Crippen LogP contribution >= 0.6 is 0 Å². The van der Waals surface area contributed by atoms with Gasteiger partial charge in [-0.3, -0.25) is 4.79 Å². The molecule has 0 aromatic heterocycles. The number of rotatable bonds is 7. The lowest BCUT2D eigenvalue weighted by Gasteiger charge is -2.21. The van der Waals surface area contributed by atoms with E-state index in [1.807, 2.05) is 31.2 Å². The summed E-state index contributed by atoms with van der Waals surface area (Å²) >= 11 is 0. The Balaban J connectivity index is 0.000000945. The van der Waals surface area contributed by atoms with Gasteiger partial charge in [-0.2, -0.15) is 13.2 Å². The molecule has 3 aromatic rings. The SMILES string of the molecule is CC(=O)O.CCc1c(S(=O)(=O)C(CCNC)c2ccc(C(F)(F)F)cc2)ccc2ccccc12. The number of fused-ring (bicyclic) bond motifs is 1. The fraction of sp³-hybridized carbons (Fsp3) is 0.320. The van der Waals surface area contributed by atoms with Crippen molar-refractivity contribution in [1.82, 2.24) is 5.32 Å². The van der Waals surface area contributed by atoms with Gasteiger partial charge in [-0.25, -0.2) is 8.42 Å². The van der Waals surface area contributed by atoms with Crippen LogP contribution in [0.5, 0.6) is 0 Å². The predicted octanol–water partition coefficient (Wildman–Crippen LogP) is 5.64. The third-order valence-corrected chi connectivity index (χ3v) is 7.55. The van der Waals surface area contributed by atoms with Gasteiger partial charge in [0.1, 0.15) is 0 Å². The van der Waals surface area contributed by atoms with E-state index < -0.39 is 32.8 Å². The maximum atomic E-state index is 13.7. The van der Waals surface area contributed by atoms with Crippen molar-refractivity contribution in [2.75, 3.05) is 13.6 Å². The number of alkyl halides is 3. The number of sulfone groups is 1. The molecule has 3 aromatic carbocycles. The van der Waals surface area contributed by atoms with E-state index in [0.29, 0.717) is 18.5 Å². The molecule has 0 fully saturated rings. The molecule has 0 aliphatic heterocycles. The van der Waals surface area contributed by atoms with Crippen LogP contribution in [0.3, 0.4) is 0 Å². The third kappa shape index (κ3) is 6.57.